The number of carbonyl (C=O) groups excluding carboxylic acids is 2. The zero-order chi connectivity index (χ0) is 16.0. The molecule has 0 aromatic heterocycles. The van der Waals surface area contributed by atoms with Gasteiger partial charge in [-0.25, -0.2) is 17.9 Å². The van der Waals surface area contributed by atoms with Gasteiger partial charge < -0.3 is 9.47 Å². The van der Waals surface area contributed by atoms with E-state index in [0.717, 1.165) is 7.11 Å². The summed E-state index contributed by atoms with van der Waals surface area (Å²) in [7, 11) is -3.05. The van der Waals surface area contributed by atoms with E-state index in [9.17, 15) is 18.0 Å². The first-order valence-corrected chi connectivity index (χ1v) is 7.67. The van der Waals surface area contributed by atoms with Gasteiger partial charge in [0.15, 0.2) is 0 Å². The number of rotatable bonds is 6. The van der Waals surface area contributed by atoms with Crippen molar-refractivity contribution in [2.45, 2.75) is 24.8 Å². The third kappa shape index (κ3) is 4.27. The molecule has 1 amide bonds. The molecule has 0 bridgehead atoms. The van der Waals surface area contributed by atoms with Crippen molar-refractivity contribution in [1.29, 1.82) is 0 Å². The van der Waals surface area contributed by atoms with Crippen LogP contribution in [-0.2, 0) is 24.3 Å². The first-order chi connectivity index (χ1) is 9.83. The molecular formula is C13H17NO6S. The van der Waals surface area contributed by atoms with Gasteiger partial charge in [-0.15, -0.1) is 0 Å². The third-order valence-electron chi connectivity index (χ3n) is 2.60. The van der Waals surface area contributed by atoms with Crippen LogP contribution in [0.4, 0.5) is 0 Å². The van der Waals surface area contributed by atoms with Crippen LogP contribution in [0.15, 0.2) is 29.2 Å². The van der Waals surface area contributed by atoms with Crippen LogP contribution in [0.1, 0.15) is 24.2 Å². The maximum Gasteiger partial charge on any atom is 0.339 e. The molecule has 0 fully saturated rings. The minimum atomic E-state index is -4.19. The highest BCUT2D eigenvalue weighted by molar-refractivity contribution is 7.90. The van der Waals surface area contributed by atoms with E-state index in [2.05, 4.69) is 4.74 Å². The second kappa shape index (κ2) is 7.19. The van der Waals surface area contributed by atoms with Crippen molar-refractivity contribution in [3.05, 3.63) is 29.8 Å². The molecule has 0 aliphatic heterocycles. The van der Waals surface area contributed by atoms with Crippen molar-refractivity contribution >= 4 is 21.9 Å². The smallest absolute Gasteiger partial charge is 0.339 e. The maximum atomic E-state index is 12.2. The topological polar surface area (TPSA) is 98.8 Å². The second-order valence-electron chi connectivity index (χ2n) is 4.06. The lowest BCUT2D eigenvalue weighted by Crippen LogP contribution is -2.39. The van der Waals surface area contributed by atoms with Gasteiger partial charge in [-0.05, 0) is 26.0 Å². The minimum Gasteiger partial charge on any atom is -0.465 e. The van der Waals surface area contributed by atoms with Gasteiger partial charge in [-0.2, -0.15) is 0 Å². The Morgan fingerprint density at radius 3 is 2.48 bits per heavy atom. The quantitative estimate of drug-likeness (QED) is 0.776. The van der Waals surface area contributed by atoms with E-state index in [1.165, 1.54) is 31.2 Å². The Morgan fingerprint density at radius 1 is 1.29 bits per heavy atom. The molecule has 1 aromatic rings. The van der Waals surface area contributed by atoms with E-state index in [0.29, 0.717) is 0 Å². The average Bonchev–Trinajstić information content (AvgIpc) is 2.46. The van der Waals surface area contributed by atoms with Crippen molar-refractivity contribution in [3.8, 4) is 0 Å². The molecule has 1 rings (SSSR count). The van der Waals surface area contributed by atoms with Gasteiger partial charge in [0.05, 0.1) is 12.7 Å². The molecule has 0 radical (unpaired) electrons. The summed E-state index contributed by atoms with van der Waals surface area (Å²) in [6.07, 6.45) is -0.921. The summed E-state index contributed by atoms with van der Waals surface area (Å²) < 4.78 is 35.8. The second-order valence-corrected chi connectivity index (χ2v) is 5.71. The zero-order valence-corrected chi connectivity index (χ0v) is 12.8. The molecule has 1 unspecified atom stereocenters. The largest absolute Gasteiger partial charge is 0.465 e. The van der Waals surface area contributed by atoms with E-state index >= 15 is 0 Å². The van der Waals surface area contributed by atoms with Crippen LogP contribution in [0.25, 0.3) is 0 Å². The van der Waals surface area contributed by atoms with E-state index < -0.39 is 28.0 Å². The van der Waals surface area contributed by atoms with Gasteiger partial charge >= 0.3 is 5.97 Å². The van der Waals surface area contributed by atoms with E-state index in [1.807, 2.05) is 4.72 Å². The summed E-state index contributed by atoms with van der Waals surface area (Å²) in [5.41, 5.74) is -0.149. The van der Waals surface area contributed by atoms with Crippen LogP contribution in [0.3, 0.4) is 0 Å². The number of ether oxygens (including phenoxy) is 2. The molecule has 1 atom stereocenters. The van der Waals surface area contributed by atoms with Crippen LogP contribution >= 0.6 is 0 Å². The molecule has 0 spiro atoms. The molecule has 0 aliphatic carbocycles. The van der Waals surface area contributed by atoms with Gasteiger partial charge in [-0.1, -0.05) is 12.1 Å². The lowest BCUT2D eigenvalue weighted by Gasteiger charge is -2.13. The number of amides is 1. The molecule has 1 N–H and O–H groups in total. The van der Waals surface area contributed by atoms with Crippen LogP contribution in [0.5, 0.6) is 0 Å². The van der Waals surface area contributed by atoms with Crippen LogP contribution in [0, 0.1) is 0 Å². The van der Waals surface area contributed by atoms with Crippen molar-refractivity contribution in [2.24, 2.45) is 0 Å². The summed E-state index contributed by atoms with van der Waals surface area (Å²) in [5.74, 6) is -1.61. The standard InChI is InChI=1S/C13H17NO6S/c1-4-20-9(2)12(15)14-21(17,18)11-8-6-5-7-10(11)13(16)19-3/h5-9H,4H2,1-3H3,(H,14,15). The Balaban J connectivity index is 3.09. The summed E-state index contributed by atoms with van der Waals surface area (Å²) >= 11 is 0. The van der Waals surface area contributed by atoms with Gasteiger partial charge in [0, 0.05) is 6.61 Å². The molecule has 21 heavy (non-hydrogen) atoms. The Hall–Kier alpha value is -1.93. The Morgan fingerprint density at radius 2 is 1.90 bits per heavy atom. The van der Waals surface area contributed by atoms with E-state index in [4.69, 9.17) is 4.74 Å². The van der Waals surface area contributed by atoms with E-state index in [-0.39, 0.29) is 17.1 Å². The highest BCUT2D eigenvalue weighted by atomic mass is 32.2. The molecular weight excluding hydrogens is 298 g/mol. The molecule has 1 aromatic carbocycles. The van der Waals surface area contributed by atoms with Crippen molar-refractivity contribution < 1.29 is 27.5 Å². The fourth-order valence-corrected chi connectivity index (χ4v) is 2.82. The number of esters is 1. The van der Waals surface area contributed by atoms with Crippen molar-refractivity contribution in [3.63, 3.8) is 0 Å². The molecule has 7 nitrogen and oxygen atoms in total. The summed E-state index contributed by atoms with van der Waals surface area (Å²) in [5, 5.41) is 0. The fourth-order valence-electron chi connectivity index (χ4n) is 1.58. The van der Waals surface area contributed by atoms with E-state index in [1.54, 1.807) is 6.92 Å². The number of benzene rings is 1. The third-order valence-corrected chi connectivity index (χ3v) is 4.01. The number of hydrogen-bond donors (Lipinski definition) is 1. The zero-order valence-electron chi connectivity index (χ0n) is 12.0. The van der Waals surface area contributed by atoms with Crippen molar-refractivity contribution in [1.82, 2.24) is 4.72 Å². The molecule has 116 valence electrons. The van der Waals surface area contributed by atoms with Crippen molar-refractivity contribution in [2.75, 3.05) is 13.7 Å². The Labute approximate surface area is 123 Å². The highest BCUT2D eigenvalue weighted by Crippen LogP contribution is 2.16. The van der Waals surface area contributed by atoms with Gasteiger partial charge in [-0.3, -0.25) is 4.79 Å². The number of hydrogen-bond acceptors (Lipinski definition) is 6. The SMILES string of the molecule is CCOC(C)C(=O)NS(=O)(=O)c1ccccc1C(=O)OC. The first-order valence-electron chi connectivity index (χ1n) is 6.19. The van der Waals surface area contributed by atoms with Gasteiger partial charge in [0.1, 0.15) is 11.0 Å². The van der Waals surface area contributed by atoms with Crippen LogP contribution in [-0.4, -0.2) is 40.1 Å². The highest BCUT2D eigenvalue weighted by Gasteiger charge is 2.26. The minimum absolute atomic E-state index is 0.149. The fraction of sp³-hybridized carbons (Fsp3) is 0.385. The first kappa shape index (κ1) is 17.1. The maximum absolute atomic E-state index is 12.2. The lowest BCUT2D eigenvalue weighted by molar-refractivity contribution is -0.129. The van der Waals surface area contributed by atoms with Crippen LogP contribution < -0.4 is 4.72 Å². The number of carbonyl (C=O) groups is 2. The molecule has 0 heterocycles. The summed E-state index contributed by atoms with van der Waals surface area (Å²) in [6, 6.07) is 5.46. The number of nitrogens with one attached hydrogen (secondary N) is 1. The van der Waals surface area contributed by atoms with Gasteiger partial charge in [0.2, 0.25) is 0 Å². The Kier molecular flexibility index (Phi) is 5.86. The average molecular weight is 315 g/mol. The normalized spacial score (nSPS) is 12.5. The van der Waals surface area contributed by atoms with Gasteiger partial charge in [0.25, 0.3) is 15.9 Å². The summed E-state index contributed by atoms with van der Waals surface area (Å²) in [4.78, 5) is 23.0. The predicted molar refractivity (Wildman–Crippen MR) is 74.2 cm³/mol. The molecule has 0 saturated heterocycles. The molecule has 0 aliphatic rings. The lowest BCUT2D eigenvalue weighted by atomic mass is 10.2. The summed E-state index contributed by atoms with van der Waals surface area (Å²) in [6.45, 7) is 3.39. The Bertz CT molecular complexity index is 625. The number of methoxy groups -OCH3 is 1. The van der Waals surface area contributed by atoms with Crippen LogP contribution in [0.2, 0.25) is 0 Å². The monoisotopic (exact) mass is 315 g/mol. The molecule has 0 saturated carbocycles. The number of sulfonamides is 1. The predicted octanol–water partition coefficient (Wildman–Crippen LogP) is 0.703. The molecule has 8 heteroatoms.